The Balaban J connectivity index is 1.56. The molecule has 1 amide bonds. The van der Waals surface area contributed by atoms with Crippen molar-refractivity contribution in [2.75, 3.05) is 37.6 Å². The summed E-state index contributed by atoms with van der Waals surface area (Å²) in [7, 11) is 0. The summed E-state index contributed by atoms with van der Waals surface area (Å²) >= 11 is 0. The summed E-state index contributed by atoms with van der Waals surface area (Å²) in [6, 6.07) is 9.00. The third-order valence-electron chi connectivity index (χ3n) is 5.90. The van der Waals surface area contributed by atoms with E-state index in [0.29, 0.717) is 25.6 Å². The number of nitrogens with one attached hydrogen (secondary N) is 1. The number of benzene rings is 1. The van der Waals surface area contributed by atoms with Gasteiger partial charge in [-0.2, -0.15) is 0 Å². The van der Waals surface area contributed by atoms with Gasteiger partial charge in [-0.05, 0) is 30.7 Å². The van der Waals surface area contributed by atoms with Gasteiger partial charge in [-0.1, -0.05) is 26.0 Å². The molecule has 1 aromatic heterocycles. The Bertz CT molecular complexity index is 914. The normalized spacial score (nSPS) is 21.2. The van der Waals surface area contributed by atoms with E-state index < -0.39 is 0 Å². The molecule has 4 rings (SSSR count). The molecule has 0 spiro atoms. The predicted octanol–water partition coefficient (Wildman–Crippen LogP) is 2.73. The van der Waals surface area contributed by atoms with Crippen LogP contribution >= 0.6 is 0 Å². The molecule has 0 aliphatic carbocycles. The Hall–Kier alpha value is -2.31. The molecule has 0 saturated carbocycles. The fourth-order valence-corrected chi connectivity index (χ4v) is 4.40. The number of piperazine rings is 1. The highest BCUT2D eigenvalue weighted by Gasteiger charge is 2.39. The molecule has 1 aromatic carbocycles. The van der Waals surface area contributed by atoms with E-state index in [9.17, 15) is 9.18 Å². The number of anilines is 1. The molecular weight excluding hydrogens is 367 g/mol. The van der Waals surface area contributed by atoms with Gasteiger partial charge in [0.05, 0.1) is 12.2 Å². The molecule has 3 heterocycles. The van der Waals surface area contributed by atoms with Gasteiger partial charge in [0.25, 0.3) is 0 Å². The zero-order chi connectivity index (χ0) is 20.6. The quantitative estimate of drug-likeness (QED) is 0.863. The maximum atomic E-state index is 13.5. The van der Waals surface area contributed by atoms with Gasteiger partial charge in [-0.3, -0.25) is 14.7 Å². The Kier molecular flexibility index (Phi) is 5.40. The SMILES string of the molecule is CC1CN(CC(=O)N2CC(C)(C)c3cnc(Cc4cccc(F)c4)cc32)CCN1. The van der Waals surface area contributed by atoms with Gasteiger partial charge in [-0.25, -0.2) is 4.39 Å². The standard InChI is InChI=1S/C23H29FN4O/c1-16-13-27(8-7-25-16)14-22(29)28-15-23(2,3)20-12-26-19(11-21(20)28)10-17-5-4-6-18(24)9-17/h4-6,9,11-12,16,25H,7-8,10,13-15H2,1-3H3. The van der Waals surface area contributed by atoms with E-state index in [2.05, 4.69) is 36.0 Å². The minimum absolute atomic E-state index is 0.133. The highest BCUT2D eigenvalue weighted by atomic mass is 19.1. The number of carbonyl (C=O) groups excluding carboxylic acids is 1. The molecule has 1 saturated heterocycles. The molecule has 2 aromatic rings. The van der Waals surface area contributed by atoms with Crippen molar-refractivity contribution < 1.29 is 9.18 Å². The summed E-state index contributed by atoms with van der Waals surface area (Å²) in [5.74, 6) is -0.110. The van der Waals surface area contributed by atoms with Gasteiger partial charge in [0.15, 0.2) is 0 Å². The lowest BCUT2D eigenvalue weighted by molar-refractivity contribution is -0.120. The third kappa shape index (κ3) is 4.33. The molecular formula is C23H29FN4O. The van der Waals surface area contributed by atoms with Crippen LogP contribution in [0.5, 0.6) is 0 Å². The highest BCUT2D eigenvalue weighted by molar-refractivity contribution is 5.97. The van der Waals surface area contributed by atoms with E-state index >= 15 is 0 Å². The minimum Gasteiger partial charge on any atom is -0.312 e. The molecule has 29 heavy (non-hydrogen) atoms. The van der Waals surface area contributed by atoms with Crippen molar-refractivity contribution in [1.29, 1.82) is 0 Å². The summed E-state index contributed by atoms with van der Waals surface area (Å²) in [6.07, 6.45) is 2.44. The van der Waals surface area contributed by atoms with Crippen molar-refractivity contribution in [2.24, 2.45) is 0 Å². The molecule has 154 valence electrons. The molecule has 6 heteroatoms. The van der Waals surface area contributed by atoms with Crippen LogP contribution in [0.1, 0.15) is 37.6 Å². The van der Waals surface area contributed by atoms with E-state index in [1.165, 1.54) is 12.1 Å². The second-order valence-electron chi connectivity index (χ2n) is 8.95. The largest absolute Gasteiger partial charge is 0.312 e. The molecule has 1 atom stereocenters. The molecule has 5 nitrogen and oxygen atoms in total. The molecule has 2 aliphatic heterocycles. The van der Waals surface area contributed by atoms with Crippen molar-refractivity contribution in [1.82, 2.24) is 15.2 Å². The van der Waals surface area contributed by atoms with Crippen molar-refractivity contribution >= 4 is 11.6 Å². The molecule has 0 radical (unpaired) electrons. The molecule has 2 aliphatic rings. The second-order valence-corrected chi connectivity index (χ2v) is 8.95. The number of pyridine rings is 1. The van der Waals surface area contributed by atoms with Gasteiger partial charge in [0.1, 0.15) is 5.82 Å². The number of rotatable bonds is 4. The van der Waals surface area contributed by atoms with Gasteiger partial charge in [0.2, 0.25) is 5.91 Å². The van der Waals surface area contributed by atoms with Crippen LogP contribution in [-0.2, 0) is 16.6 Å². The average Bonchev–Trinajstić information content (AvgIpc) is 2.92. The first-order chi connectivity index (χ1) is 13.8. The van der Waals surface area contributed by atoms with E-state index in [1.54, 1.807) is 6.07 Å². The number of hydrogen-bond donors (Lipinski definition) is 1. The average molecular weight is 397 g/mol. The fraction of sp³-hybridized carbons (Fsp3) is 0.478. The smallest absolute Gasteiger partial charge is 0.241 e. The van der Waals surface area contributed by atoms with Crippen LogP contribution in [0, 0.1) is 5.82 Å². The monoisotopic (exact) mass is 396 g/mol. The van der Waals surface area contributed by atoms with Crippen molar-refractivity contribution in [3.63, 3.8) is 0 Å². The minimum atomic E-state index is -0.244. The van der Waals surface area contributed by atoms with Crippen LogP contribution in [0.2, 0.25) is 0 Å². The Morgan fingerprint density at radius 3 is 2.93 bits per heavy atom. The summed E-state index contributed by atoms with van der Waals surface area (Å²) < 4.78 is 13.5. The number of hydrogen-bond acceptors (Lipinski definition) is 4. The number of carbonyl (C=O) groups is 1. The van der Waals surface area contributed by atoms with Crippen molar-refractivity contribution in [3.05, 3.63) is 59.2 Å². The van der Waals surface area contributed by atoms with Crippen LogP contribution < -0.4 is 10.2 Å². The van der Waals surface area contributed by atoms with Crippen molar-refractivity contribution in [2.45, 2.75) is 38.6 Å². The van der Waals surface area contributed by atoms with Crippen LogP contribution in [0.4, 0.5) is 10.1 Å². The lowest BCUT2D eigenvalue weighted by atomic mass is 9.88. The number of aromatic nitrogens is 1. The van der Waals surface area contributed by atoms with E-state index in [4.69, 9.17) is 0 Å². The molecule has 1 unspecified atom stereocenters. The van der Waals surface area contributed by atoms with Gasteiger partial charge in [0, 0.05) is 61.5 Å². The maximum Gasteiger partial charge on any atom is 0.241 e. The van der Waals surface area contributed by atoms with Gasteiger partial charge >= 0.3 is 0 Å². The first-order valence-corrected chi connectivity index (χ1v) is 10.3. The first-order valence-electron chi connectivity index (χ1n) is 10.3. The van der Waals surface area contributed by atoms with Crippen molar-refractivity contribution in [3.8, 4) is 0 Å². The first kappa shape index (κ1) is 20.0. The zero-order valence-corrected chi connectivity index (χ0v) is 17.4. The van der Waals surface area contributed by atoms with Crippen LogP contribution in [0.25, 0.3) is 0 Å². The fourth-order valence-electron chi connectivity index (χ4n) is 4.40. The van der Waals surface area contributed by atoms with E-state index in [-0.39, 0.29) is 17.1 Å². The molecule has 1 fully saturated rings. The van der Waals surface area contributed by atoms with E-state index in [1.807, 2.05) is 23.2 Å². The lowest BCUT2D eigenvalue weighted by Crippen LogP contribution is -2.52. The number of nitrogens with zero attached hydrogens (tertiary/aromatic N) is 3. The highest BCUT2D eigenvalue weighted by Crippen LogP contribution is 2.40. The summed E-state index contributed by atoms with van der Waals surface area (Å²) in [6.45, 7) is 10.2. The van der Waals surface area contributed by atoms with Gasteiger partial charge < -0.3 is 10.2 Å². The summed E-state index contributed by atoms with van der Waals surface area (Å²) in [5.41, 5.74) is 3.64. The number of halogens is 1. The number of amides is 1. The Morgan fingerprint density at radius 2 is 2.17 bits per heavy atom. The van der Waals surface area contributed by atoms with Crippen LogP contribution in [0.3, 0.4) is 0 Å². The topological polar surface area (TPSA) is 48.5 Å². The second kappa shape index (κ2) is 7.84. The summed E-state index contributed by atoms with van der Waals surface area (Å²) in [4.78, 5) is 21.9. The number of fused-ring (bicyclic) bond motifs is 1. The van der Waals surface area contributed by atoms with E-state index in [0.717, 1.165) is 42.1 Å². The maximum absolute atomic E-state index is 13.5. The molecule has 1 N–H and O–H groups in total. The zero-order valence-electron chi connectivity index (χ0n) is 17.4. The summed E-state index contributed by atoms with van der Waals surface area (Å²) in [5, 5.41) is 3.42. The van der Waals surface area contributed by atoms with Crippen LogP contribution in [-0.4, -0.2) is 54.6 Å². The third-order valence-corrected chi connectivity index (χ3v) is 5.90. The molecule has 0 bridgehead atoms. The lowest BCUT2D eigenvalue weighted by Gasteiger charge is -2.32. The van der Waals surface area contributed by atoms with Gasteiger partial charge in [-0.15, -0.1) is 0 Å². The Labute approximate surface area is 171 Å². The van der Waals surface area contributed by atoms with Crippen LogP contribution in [0.15, 0.2) is 36.5 Å². The predicted molar refractivity (Wildman–Crippen MR) is 113 cm³/mol. The Morgan fingerprint density at radius 1 is 1.34 bits per heavy atom.